The summed E-state index contributed by atoms with van der Waals surface area (Å²) < 4.78 is 15.9. The van der Waals surface area contributed by atoms with Gasteiger partial charge in [0, 0.05) is 12.5 Å². The van der Waals surface area contributed by atoms with Crippen molar-refractivity contribution in [2.45, 2.75) is 84.0 Å². The van der Waals surface area contributed by atoms with Gasteiger partial charge >= 0.3 is 0 Å². The highest BCUT2D eigenvalue weighted by molar-refractivity contribution is 5.15. The van der Waals surface area contributed by atoms with E-state index in [1.165, 1.54) is 44.9 Å². The van der Waals surface area contributed by atoms with Crippen molar-refractivity contribution in [3.8, 4) is 0 Å². The molecular formula is C17H31FN2. The summed E-state index contributed by atoms with van der Waals surface area (Å²) in [6.07, 6.45) is 12.3. The average molecular weight is 282 g/mol. The van der Waals surface area contributed by atoms with Crippen molar-refractivity contribution < 1.29 is 4.39 Å². The molecule has 0 saturated heterocycles. The minimum atomic E-state index is -0.276. The first-order valence-electron chi connectivity index (χ1n) is 8.22. The second-order valence-electron chi connectivity index (χ2n) is 6.32. The molecule has 1 atom stereocenters. The maximum atomic E-state index is 14.1. The Hall–Kier alpha value is -0.860. The molecule has 0 bridgehead atoms. The number of halogens is 1. The topological polar surface area (TPSA) is 17.8 Å². The van der Waals surface area contributed by atoms with E-state index in [0.717, 1.165) is 18.5 Å². The Morgan fingerprint density at radius 2 is 1.60 bits per heavy atom. The molecule has 0 aliphatic heterocycles. The molecule has 0 spiro atoms. The fourth-order valence-electron chi connectivity index (χ4n) is 3.15. The van der Waals surface area contributed by atoms with E-state index in [9.17, 15) is 4.39 Å². The van der Waals surface area contributed by atoms with Gasteiger partial charge in [-0.3, -0.25) is 0 Å². The number of imidazole rings is 1. The van der Waals surface area contributed by atoms with Gasteiger partial charge in [-0.2, -0.15) is 4.39 Å². The fraction of sp³-hybridized carbons (Fsp3) is 0.824. The molecule has 0 amide bonds. The SMILES string of the molecule is CCCCCCC(C)(CCCCC)c1c(F)ncn1C. The Kier molecular flexibility index (Phi) is 7.25. The standard InChI is InChI=1S/C17H31FN2/c1-5-7-9-11-13-17(3,12-10-8-6-2)15-16(18)19-14-20(15)4/h14H,5-13H2,1-4H3. The zero-order chi connectivity index (χ0) is 15.0. The van der Waals surface area contributed by atoms with Gasteiger partial charge in [0.25, 0.3) is 0 Å². The van der Waals surface area contributed by atoms with E-state index in [2.05, 4.69) is 25.8 Å². The van der Waals surface area contributed by atoms with Crippen LogP contribution in [0, 0.1) is 5.95 Å². The lowest BCUT2D eigenvalue weighted by atomic mass is 9.77. The van der Waals surface area contributed by atoms with Crippen molar-refractivity contribution in [2.75, 3.05) is 0 Å². The summed E-state index contributed by atoms with van der Waals surface area (Å²) in [7, 11) is 1.91. The largest absolute Gasteiger partial charge is 0.335 e. The highest BCUT2D eigenvalue weighted by Crippen LogP contribution is 2.36. The Morgan fingerprint density at radius 1 is 1.05 bits per heavy atom. The number of hydrogen-bond donors (Lipinski definition) is 0. The van der Waals surface area contributed by atoms with Crippen molar-refractivity contribution in [1.29, 1.82) is 0 Å². The van der Waals surface area contributed by atoms with E-state index < -0.39 is 0 Å². The molecule has 1 heterocycles. The third kappa shape index (κ3) is 4.60. The minimum absolute atomic E-state index is 0.0712. The minimum Gasteiger partial charge on any atom is -0.335 e. The number of rotatable bonds is 10. The number of hydrogen-bond acceptors (Lipinski definition) is 1. The summed E-state index contributed by atoms with van der Waals surface area (Å²) >= 11 is 0. The molecule has 0 radical (unpaired) electrons. The predicted octanol–water partition coefficient (Wildman–Crippen LogP) is 5.37. The highest BCUT2D eigenvalue weighted by Gasteiger charge is 2.32. The zero-order valence-electron chi connectivity index (χ0n) is 13.7. The van der Waals surface area contributed by atoms with E-state index in [-0.39, 0.29) is 11.4 Å². The fourth-order valence-corrected chi connectivity index (χ4v) is 3.15. The summed E-state index contributed by atoms with van der Waals surface area (Å²) in [6.45, 7) is 6.65. The molecule has 0 aromatic carbocycles. The van der Waals surface area contributed by atoms with Gasteiger partial charge in [0.05, 0.1) is 12.0 Å². The van der Waals surface area contributed by atoms with Crippen molar-refractivity contribution in [3.05, 3.63) is 18.0 Å². The maximum Gasteiger partial charge on any atom is 0.234 e. The molecule has 1 aromatic heterocycles. The number of nitrogens with zero attached hydrogens (tertiary/aromatic N) is 2. The summed E-state index contributed by atoms with van der Waals surface area (Å²) in [5.74, 6) is -0.276. The maximum absolute atomic E-state index is 14.1. The number of aryl methyl sites for hydroxylation is 1. The third-order valence-electron chi connectivity index (χ3n) is 4.38. The van der Waals surface area contributed by atoms with Crippen LogP contribution in [0.1, 0.15) is 84.3 Å². The van der Waals surface area contributed by atoms with Crippen LogP contribution in [0.2, 0.25) is 0 Å². The second-order valence-corrected chi connectivity index (χ2v) is 6.32. The van der Waals surface area contributed by atoms with Crippen LogP contribution < -0.4 is 0 Å². The van der Waals surface area contributed by atoms with Crippen molar-refractivity contribution in [2.24, 2.45) is 7.05 Å². The summed E-state index contributed by atoms with van der Waals surface area (Å²) in [4.78, 5) is 3.85. The number of aromatic nitrogens is 2. The van der Waals surface area contributed by atoms with Gasteiger partial charge in [-0.25, -0.2) is 4.98 Å². The molecule has 0 N–H and O–H groups in total. The Bertz CT molecular complexity index is 367. The number of unbranched alkanes of at least 4 members (excludes halogenated alkanes) is 5. The van der Waals surface area contributed by atoms with Crippen LogP contribution in [0.5, 0.6) is 0 Å². The smallest absolute Gasteiger partial charge is 0.234 e. The lowest BCUT2D eigenvalue weighted by Gasteiger charge is -2.30. The molecule has 116 valence electrons. The molecule has 0 saturated carbocycles. The molecule has 1 aromatic rings. The lowest BCUT2D eigenvalue weighted by Crippen LogP contribution is -2.26. The van der Waals surface area contributed by atoms with Gasteiger partial charge in [-0.15, -0.1) is 0 Å². The van der Waals surface area contributed by atoms with Gasteiger partial charge in [-0.05, 0) is 12.8 Å². The van der Waals surface area contributed by atoms with E-state index in [1.54, 1.807) is 6.33 Å². The second kappa shape index (κ2) is 8.43. The lowest BCUT2D eigenvalue weighted by molar-refractivity contribution is 0.333. The van der Waals surface area contributed by atoms with Gasteiger partial charge in [0.2, 0.25) is 5.95 Å². The molecule has 0 aliphatic carbocycles. The Balaban J connectivity index is 2.77. The van der Waals surface area contributed by atoms with Crippen LogP contribution in [-0.2, 0) is 12.5 Å². The quantitative estimate of drug-likeness (QED) is 0.528. The highest BCUT2D eigenvalue weighted by atomic mass is 19.1. The first-order chi connectivity index (χ1) is 9.55. The zero-order valence-corrected chi connectivity index (χ0v) is 13.7. The molecule has 20 heavy (non-hydrogen) atoms. The molecule has 0 fully saturated rings. The summed E-state index contributed by atoms with van der Waals surface area (Å²) in [5.41, 5.74) is 0.725. The first-order valence-corrected chi connectivity index (χ1v) is 8.22. The summed E-state index contributed by atoms with van der Waals surface area (Å²) in [5, 5.41) is 0. The van der Waals surface area contributed by atoms with Crippen LogP contribution in [0.25, 0.3) is 0 Å². The third-order valence-corrected chi connectivity index (χ3v) is 4.38. The van der Waals surface area contributed by atoms with Crippen LogP contribution in [0.15, 0.2) is 6.33 Å². The van der Waals surface area contributed by atoms with Crippen molar-refractivity contribution >= 4 is 0 Å². The van der Waals surface area contributed by atoms with Crippen LogP contribution in [0.4, 0.5) is 4.39 Å². The van der Waals surface area contributed by atoms with E-state index in [0.29, 0.717) is 0 Å². The van der Waals surface area contributed by atoms with E-state index >= 15 is 0 Å². The Morgan fingerprint density at radius 3 is 2.10 bits per heavy atom. The van der Waals surface area contributed by atoms with Crippen LogP contribution in [0.3, 0.4) is 0 Å². The molecule has 2 nitrogen and oxygen atoms in total. The average Bonchev–Trinajstić information content (AvgIpc) is 2.75. The van der Waals surface area contributed by atoms with E-state index in [1.807, 2.05) is 11.6 Å². The molecule has 3 heteroatoms. The van der Waals surface area contributed by atoms with Crippen LogP contribution in [-0.4, -0.2) is 9.55 Å². The van der Waals surface area contributed by atoms with Crippen LogP contribution >= 0.6 is 0 Å². The monoisotopic (exact) mass is 282 g/mol. The van der Waals surface area contributed by atoms with Crippen molar-refractivity contribution in [3.63, 3.8) is 0 Å². The van der Waals surface area contributed by atoms with Gasteiger partial charge < -0.3 is 4.57 Å². The van der Waals surface area contributed by atoms with E-state index in [4.69, 9.17) is 0 Å². The first kappa shape index (κ1) is 17.2. The molecule has 1 rings (SSSR count). The predicted molar refractivity (Wildman–Crippen MR) is 83.4 cm³/mol. The normalized spacial score (nSPS) is 14.4. The molecular weight excluding hydrogens is 251 g/mol. The molecule has 0 aliphatic rings. The van der Waals surface area contributed by atoms with Crippen molar-refractivity contribution in [1.82, 2.24) is 9.55 Å². The van der Waals surface area contributed by atoms with Gasteiger partial charge in [0.1, 0.15) is 0 Å². The summed E-state index contributed by atoms with van der Waals surface area (Å²) in [6, 6.07) is 0. The Labute approximate surface area is 123 Å². The molecule has 1 unspecified atom stereocenters. The van der Waals surface area contributed by atoms with Gasteiger partial charge in [0.15, 0.2) is 0 Å². The van der Waals surface area contributed by atoms with Gasteiger partial charge in [-0.1, -0.05) is 65.7 Å².